The van der Waals surface area contributed by atoms with Crippen molar-refractivity contribution in [3.8, 4) is 0 Å². The van der Waals surface area contributed by atoms with Gasteiger partial charge in [0, 0.05) is 18.5 Å². The standard InChI is InChI=1S/C14H26N2O.ClH/c1-11-8-12(9-15)10-16(11)14(17)13-6-4-2-3-5-7-13;/h11-13H,2-10,15H2,1H3;1H. The summed E-state index contributed by atoms with van der Waals surface area (Å²) in [6.45, 7) is 3.79. The van der Waals surface area contributed by atoms with Crippen LogP contribution in [0.1, 0.15) is 51.9 Å². The number of amides is 1. The first kappa shape index (κ1) is 15.8. The Morgan fingerprint density at radius 3 is 2.33 bits per heavy atom. The van der Waals surface area contributed by atoms with Crippen LogP contribution in [0.4, 0.5) is 0 Å². The van der Waals surface area contributed by atoms with Gasteiger partial charge in [0.15, 0.2) is 0 Å². The van der Waals surface area contributed by atoms with Gasteiger partial charge < -0.3 is 10.6 Å². The molecule has 0 aromatic rings. The lowest BCUT2D eigenvalue weighted by Crippen LogP contribution is -2.38. The van der Waals surface area contributed by atoms with Crippen LogP contribution < -0.4 is 5.73 Å². The summed E-state index contributed by atoms with van der Waals surface area (Å²) < 4.78 is 0. The molecule has 1 heterocycles. The zero-order valence-electron chi connectivity index (χ0n) is 11.4. The molecule has 2 N–H and O–H groups in total. The molecule has 1 aliphatic heterocycles. The number of likely N-dealkylation sites (tertiary alicyclic amines) is 1. The van der Waals surface area contributed by atoms with Gasteiger partial charge in [-0.3, -0.25) is 4.79 Å². The molecule has 1 saturated heterocycles. The summed E-state index contributed by atoms with van der Waals surface area (Å²) in [5.74, 6) is 1.24. The Bertz CT molecular complexity index is 265. The Hall–Kier alpha value is -0.280. The second kappa shape index (κ2) is 7.34. The minimum Gasteiger partial charge on any atom is -0.339 e. The maximum absolute atomic E-state index is 12.5. The van der Waals surface area contributed by atoms with E-state index in [-0.39, 0.29) is 12.4 Å². The average Bonchev–Trinajstić information content (AvgIpc) is 2.56. The second-order valence-electron chi connectivity index (χ2n) is 5.87. The molecule has 0 aromatic carbocycles. The highest BCUT2D eigenvalue weighted by atomic mass is 35.5. The fourth-order valence-electron chi connectivity index (χ4n) is 3.38. The van der Waals surface area contributed by atoms with Gasteiger partial charge in [-0.15, -0.1) is 12.4 Å². The van der Waals surface area contributed by atoms with Gasteiger partial charge in [0.1, 0.15) is 0 Å². The predicted molar refractivity (Wildman–Crippen MR) is 76.8 cm³/mol. The Balaban J connectivity index is 0.00000162. The van der Waals surface area contributed by atoms with Crippen LogP contribution in [-0.4, -0.2) is 29.9 Å². The van der Waals surface area contributed by atoms with Gasteiger partial charge in [-0.25, -0.2) is 0 Å². The van der Waals surface area contributed by atoms with Gasteiger partial charge >= 0.3 is 0 Å². The van der Waals surface area contributed by atoms with Gasteiger partial charge in [0.2, 0.25) is 5.91 Å². The van der Waals surface area contributed by atoms with Crippen LogP contribution in [0, 0.1) is 11.8 Å². The van der Waals surface area contributed by atoms with E-state index in [2.05, 4.69) is 11.8 Å². The highest BCUT2D eigenvalue weighted by molar-refractivity contribution is 5.85. The molecule has 2 aliphatic rings. The van der Waals surface area contributed by atoms with E-state index in [9.17, 15) is 4.79 Å². The van der Waals surface area contributed by atoms with Gasteiger partial charge in [0.25, 0.3) is 0 Å². The molecule has 0 aromatic heterocycles. The van der Waals surface area contributed by atoms with E-state index in [0.717, 1.165) is 32.4 Å². The molecule has 1 saturated carbocycles. The highest BCUT2D eigenvalue weighted by Crippen LogP contribution is 2.29. The summed E-state index contributed by atoms with van der Waals surface area (Å²) in [5, 5.41) is 0. The number of rotatable bonds is 2. The van der Waals surface area contributed by atoms with Crippen molar-refractivity contribution in [3.63, 3.8) is 0 Å². The van der Waals surface area contributed by atoms with Gasteiger partial charge in [-0.1, -0.05) is 25.7 Å². The van der Waals surface area contributed by atoms with E-state index in [1.165, 1.54) is 25.7 Å². The topological polar surface area (TPSA) is 46.3 Å². The third kappa shape index (κ3) is 3.61. The van der Waals surface area contributed by atoms with Crippen LogP contribution in [0.25, 0.3) is 0 Å². The minimum absolute atomic E-state index is 0. The zero-order valence-corrected chi connectivity index (χ0v) is 12.3. The van der Waals surface area contributed by atoms with Crippen molar-refractivity contribution in [3.05, 3.63) is 0 Å². The molecular formula is C14H27ClN2O. The Kier molecular flexibility index (Phi) is 6.44. The van der Waals surface area contributed by atoms with E-state index in [1.807, 2.05) is 0 Å². The normalized spacial score (nSPS) is 29.8. The van der Waals surface area contributed by atoms with Crippen LogP contribution in [0.5, 0.6) is 0 Å². The number of carbonyl (C=O) groups excluding carboxylic acids is 1. The van der Waals surface area contributed by atoms with Crippen LogP contribution >= 0.6 is 12.4 Å². The lowest BCUT2D eigenvalue weighted by molar-refractivity contribution is -0.136. The molecule has 2 fully saturated rings. The first-order chi connectivity index (χ1) is 8.22. The summed E-state index contributed by atoms with van der Waals surface area (Å²) in [6, 6.07) is 0.402. The van der Waals surface area contributed by atoms with Crippen molar-refractivity contribution in [2.45, 2.75) is 57.9 Å². The van der Waals surface area contributed by atoms with Crippen LogP contribution in [-0.2, 0) is 4.79 Å². The lowest BCUT2D eigenvalue weighted by atomic mass is 9.98. The van der Waals surface area contributed by atoms with Crippen LogP contribution in [0.2, 0.25) is 0 Å². The fraction of sp³-hybridized carbons (Fsp3) is 0.929. The molecule has 2 unspecified atom stereocenters. The van der Waals surface area contributed by atoms with E-state index < -0.39 is 0 Å². The molecule has 3 nitrogen and oxygen atoms in total. The number of halogens is 1. The maximum atomic E-state index is 12.5. The van der Waals surface area contributed by atoms with E-state index in [4.69, 9.17) is 5.73 Å². The molecular weight excluding hydrogens is 248 g/mol. The summed E-state index contributed by atoms with van der Waals surface area (Å²) in [6.07, 6.45) is 8.40. The van der Waals surface area contributed by atoms with Gasteiger partial charge in [0.05, 0.1) is 0 Å². The number of hydrogen-bond acceptors (Lipinski definition) is 2. The quantitative estimate of drug-likeness (QED) is 0.787. The molecule has 0 spiro atoms. The fourth-order valence-corrected chi connectivity index (χ4v) is 3.38. The largest absolute Gasteiger partial charge is 0.339 e. The predicted octanol–water partition coefficient (Wildman–Crippen LogP) is 2.57. The molecule has 0 radical (unpaired) electrons. The van der Waals surface area contributed by atoms with E-state index in [1.54, 1.807) is 0 Å². The van der Waals surface area contributed by atoms with E-state index in [0.29, 0.717) is 23.8 Å². The molecule has 1 amide bonds. The lowest BCUT2D eigenvalue weighted by Gasteiger charge is -2.26. The number of carbonyl (C=O) groups is 1. The van der Waals surface area contributed by atoms with E-state index >= 15 is 0 Å². The summed E-state index contributed by atoms with van der Waals surface area (Å²) in [5.41, 5.74) is 5.72. The monoisotopic (exact) mass is 274 g/mol. The Morgan fingerprint density at radius 2 is 1.83 bits per heavy atom. The number of nitrogens with two attached hydrogens (primary N) is 1. The molecule has 0 bridgehead atoms. The van der Waals surface area contributed by atoms with Gasteiger partial charge in [-0.2, -0.15) is 0 Å². The third-order valence-corrected chi connectivity index (χ3v) is 4.48. The number of nitrogens with zero attached hydrogens (tertiary/aromatic N) is 1. The van der Waals surface area contributed by atoms with Crippen LogP contribution in [0.15, 0.2) is 0 Å². The Labute approximate surface area is 117 Å². The molecule has 2 rings (SSSR count). The van der Waals surface area contributed by atoms with Gasteiger partial charge in [-0.05, 0) is 38.6 Å². The highest BCUT2D eigenvalue weighted by Gasteiger charge is 2.34. The summed E-state index contributed by atoms with van der Waals surface area (Å²) in [4.78, 5) is 14.6. The zero-order chi connectivity index (χ0) is 12.3. The second-order valence-corrected chi connectivity index (χ2v) is 5.87. The van der Waals surface area contributed by atoms with Crippen molar-refractivity contribution in [2.75, 3.05) is 13.1 Å². The van der Waals surface area contributed by atoms with Crippen LogP contribution in [0.3, 0.4) is 0 Å². The van der Waals surface area contributed by atoms with Crippen molar-refractivity contribution in [1.82, 2.24) is 4.90 Å². The average molecular weight is 275 g/mol. The minimum atomic E-state index is 0. The first-order valence-electron chi connectivity index (χ1n) is 7.23. The molecule has 18 heavy (non-hydrogen) atoms. The molecule has 106 valence electrons. The van der Waals surface area contributed by atoms with Crippen molar-refractivity contribution in [2.24, 2.45) is 17.6 Å². The smallest absolute Gasteiger partial charge is 0.225 e. The Morgan fingerprint density at radius 1 is 1.22 bits per heavy atom. The van der Waals surface area contributed by atoms with Crippen molar-refractivity contribution >= 4 is 18.3 Å². The number of hydrogen-bond donors (Lipinski definition) is 1. The third-order valence-electron chi connectivity index (χ3n) is 4.48. The molecule has 4 heteroatoms. The van der Waals surface area contributed by atoms with Crippen molar-refractivity contribution < 1.29 is 4.79 Å². The van der Waals surface area contributed by atoms with Crippen molar-refractivity contribution in [1.29, 1.82) is 0 Å². The molecule has 2 atom stereocenters. The summed E-state index contributed by atoms with van der Waals surface area (Å²) >= 11 is 0. The molecule has 1 aliphatic carbocycles. The SMILES string of the molecule is CC1CC(CN)CN1C(=O)C1CCCCCC1.Cl. The maximum Gasteiger partial charge on any atom is 0.225 e. The summed E-state index contributed by atoms with van der Waals surface area (Å²) in [7, 11) is 0. The first-order valence-corrected chi connectivity index (χ1v) is 7.23.